The zero-order chi connectivity index (χ0) is 26.3. The first-order valence-corrected chi connectivity index (χ1v) is 13.3. The van der Waals surface area contributed by atoms with Crippen LogP contribution in [0.1, 0.15) is 19.5 Å². The number of benzene rings is 1. The molecule has 1 aliphatic heterocycles. The van der Waals surface area contributed by atoms with Gasteiger partial charge in [-0.2, -0.15) is 0 Å². The summed E-state index contributed by atoms with van der Waals surface area (Å²) in [6.07, 6.45) is -0.456. The fourth-order valence-corrected chi connectivity index (χ4v) is 4.95. The van der Waals surface area contributed by atoms with Gasteiger partial charge in [-0.25, -0.2) is 27.7 Å². The topological polar surface area (TPSA) is 167 Å². The number of urea groups is 1. The Labute approximate surface area is 211 Å². The van der Waals surface area contributed by atoms with E-state index in [1.54, 1.807) is 22.1 Å². The van der Waals surface area contributed by atoms with Gasteiger partial charge in [0.1, 0.15) is 0 Å². The van der Waals surface area contributed by atoms with E-state index in [1.165, 1.54) is 35.6 Å². The average Bonchev–Trinajstić information content (AvgIpc) is 3.25. The fraction of sp³-hybridized carbons (Fsp3) is 0.381. The number of aromatic nitrogens is 1. The standard InChI is InChI=1S/C21H26N6O7S2/c1-3-34-21(31)27-10-8-26(9-11-27)20(30)24-19-23-16(13-35-19)12-18(29)22-15-4-6-17(7-5-15)36(32,33)25-14(2)28/h4-7,13H,3,8-12H2,1-2H3,(H,22,29)(H,25,28)(H,23,24,30). The molecule has 36 heavy (non-hydrogen) atoms. The Kier molecular flexibility index (Phi) is 8.82. The lowest BCUT2D eigenvalue weighted by Gasteiger charge is -2.33. The van der Waals surface area contributed by atoms with E-state index < -0.39 is 22.0 Å². The van der Waals surface area contributed by atoms with Crippen LogP contribution < -0.4 is 15.4 Å². The normalized spacial score (nSPS) is 13.6. The van der Waals surface area contributed by atoms with Crippen LogP contribution in [0.4, 0.5) is 20.4 Å². The molecule has 0 unspecified atom stereocenters. The van der Waals surface area contributed by atoms with Gasteiger partial charge < -0.3 is 19.9 Å². The van der Waals surface area contributed by atoms with E-state index in [0.29, 0.717) is 49.3 Å². The number of rotatable bonds is 7. The summed E-state index contributed by atoms with van der Waals surface area (Å²) in [7, 11) is -3.96. The SMILES string of the molecule is CCOC(=O)N1CCN(C(=O)Nc2nc(CC(=O)Nc3ccc(S(=O)(=O)NC(C)=O)cc3)cs2)CC1. The molecule has 1 aromatic carbocycles. The number of sulfonamides is 1. The van der Waals surface area contributed by atoms with Crippen LogP contribution >= 0.6 is 11.3 Å². The van der Waals surface area contributed by atoms with Gasteiger partial charge in [-0.1, -0.05) is 0 Å². The van der Waals surface area contributed by atoms with Crippen molar-refractivity contribution in [1.29, 1.82) is 0 Å². The molecule has 1 aromatic heterocycles. The molecule has 1 fully saturated rings. The van der Waals surface area contributed by atoms with Crippen molar-refractivity contribution in [3.8, 4) is 0 Å². The Morgan fingerprint density at radius 1 is 1.03 bits per heavy atom. The van der Waals surface area contributed by atoms with E-state index in [9.17, 15) is 27.6 Å². The van der Waals surface area contributed by atoms with Crippen LogP contribution in [0.3, 0.4) is 0 Å². The van der Waals surface area contributed by atoms with Crippen molar-refractivity contribution in [2.75, 3.05) is 43.4 Å². The van der Waals surface area contributed by atoms with Crippen molar-refractivity contribution in [2.24, 2.45) is 0 Å². The molecule has 0 saturated carbocycles. The number of nitrogens with one attached hydrogen (secondary N) is 3. The molecular formula is C21H26N6O7S2. The summed E-state index contributed by atoms with van der Waals surface area (Å²) >= 11 is 1.18. The molecule has 13 nitrogen and oxygen atoms in total. The van der Waals surface area contributed by atoms with E-state index >= 15 is 0 Å². The maximum Gasteiger partial charge on any atom is 0.409 e. The van der Waals surface area contributed by atoms with Crippen molar-refractivity contribution in [3.63, 3.8) is 0 Å². The highest BCUT2D eigenvalue weighted by Crippen LogP contribution is 2.18. The average molecular weight is 539 g/mol. The lowest BCUT2D eigenvalue weighted by Crippen LogP contribution is -2.51. The second-order valence-corrected chi connectivity index (χ2v) is 10.2. The number of piperazine rings is 1. The summed E-state index contributed by atoms with van der Waals surface area (Å²) < 4.78 is 30.8. The summed E-state index contributed by atoms with van der Waals surface area (Å²) in [5.74, 6) is -1.09. The monoisotopic (exact) mass is 538 g/mol. The highest BCUT2D eigenvalue weighted by molar-refractivity contribution is 7.90. The van der Waals surface area contributed by atoms with Crippen LogP contribution in [0.25, 0.3) is 0 Å². The number of carbonyl (C=O) groups excluding carboxylic acids is 4. The lowest BCUT2D eigenvalue weighted by molar-refractivity contribution is -0.117. The summed E-state index contributed by atoms with van der Waals surface area (Å²) in [6.45, 7) is 4.57. The Hall–Kier alpha value is -3.72. The predicted octanol–water partition coefficient (Wildman–Crippen LogP) is 1.46. The number of nitrogens with zero attached hydrogens (tertiary/aromatic N) is 3. The van der Waals surface area contributed by atoms with Crippen LogP contribution in [0.2, 0.25) is 0 Å². The fourth-order valence-electron chi connectivity index (χ4n) is 3.26. The largest absolute Gasteiger partial charge is 0.450 e. The van der Waals surface area contributed by atoms with Crippen LogP contribution in [-0.4, -0.2) is 79.9 Å². The van der Waals surface area contributed by atoms with Gasteiger partial charge in [-0.15, -0.1) is 11.3 Å². The Balaban J connectivity index is 1.48. The van der Waals surface area contributed by atoms with Gasteiger partial charge in [0, 0.05) is 44.2 Å². The second-order valence-electron chi connectivity index (χ2n) is 7.66. The van der Waals surface area contributed by atoms with Gasteiger partial charge in [-0.3, -0.25) is 14.9 Å². The van der Waals surface area contributed by atoms with Gasteiger partial charge in [0.05, 0.1) is 23.6 Å². The molecule has 2 heterocycles. The zero-order valence-corrected chi connectivity index (χ0v) is 21.3. The molecule has 0 spiro atoms. The maximum absolute atomic E-state index is 12.5. The Morgan fingerprint density at radius 2 is 1.67 bits per heavy atom. The van der Waals surface area contributed by atoms with Crippen LogP contribution in [0.15, 0.2) is 34.5 Å². The third-order valence-corrected chi connectivity index (χ3v) is 7.18. The van der Waals surface area contributed by atoms with Crippen molar-refractivity contribution in [3.05, 3.63) is 35.3 Å². The number of anilines is 2. The third kappa shape index (κ3) is 7.39. The van der Waals surface area contributed by atoms with E-state index in [-0.39, 0.29) is 23.3 Å². The van der Waals surface area contributed by atoms with E-state index in [4.69, 9.17) is 4.74 Å². The van der Waals surface area contributed by atoms with E-state index in [0.717, 1.165) is 6.92 Å². The summed E-state index contributed by atoms with van der Waals surface area (Å²) in [5, 5.41) is 7.32. The molecule has 0 radical (unpaired) electrons. The summed E-state index contributed by atoms with van der Waals surface area (Å²) in [4.78, 5) is 54.9. The number of amides is 5. The maximum atomic E-state index is 12.5. The molecule has 5 amide bonds. The molecule has 3 rings (SSSR count). The number of hydrogen-bond acceptors (Lipinski definition) is 9. The van der Waals surface area contributed by atoms with Gasteiger partial charge in [0.25, 0.3) is 10.0 Å². The van der Waals surface area contributed by atoms with Gasteiger partial charge in [0.2, 0.25) is 11.8 Å². The van der Waals surface area contributed by atoms with Gasteiger partial charge in [-0.05, 0) is 31.2 Å². The molecule has 1 aliphatic rings. The highest BCUT2D eigenvalue weighted by Gasteiger charge is 2.25. The molecule has 2 aromatic rings. The van der Waals surface area contributed by atoms with Crippen molar-refractivity contribution in [1.82, 2.24) is 19.5 Å². The van der Waals surface area contributed by atoms with Crippen LogP contribution in [0.5, 0.6) is 0 Å². The number of thiazole rings is 1. The summed E-state index contributed by atoms with van der Waals surface area (Å²) in [5.41, 5.74) is 0.817. The minimum absolute atomic E-state index is 0.0590. The van der Waals surface area contributed by atoms with Crippen molar-refractivity contribution in [2.45, 2.75) is 25.2 Å². The van der Waals surface area contributed by atoms with Gasteiger partial charge >= 0.3 is 12.1 Å². The smallest absolute Gasteiger partial charge is 0.409 e. The minimum atomic E-state index is -3.96. The quantitative estimate of drug-likeness (QED) is 0.476. The number of ether oxygens (including phenoxy) is 1. The number of carbonyl (C=O) groups is 4. The molecule has 3 N–H and O–H groups in total. The Bertz CT molecular complexity index is 1220. The first-order chi connectivity index (χ1) is 17.1. The van der Waals surface area contributed by atoms with Crippen LogP contribution in [-0.2, 0) is 30.8 Å². The molecular weight excluding hydrogens is 512 g/mol. The highest BCUT2D eigenvalue weighted by atomic mass is 32.2. The molecule has 0 bridgehead atoms. The molecule has 0 atom stereocenters. The Morgan fingerprint density at radius 3 is 2.28 bits per heavy atom. The molecule has 0 aliphatic carbocycles. The van der Waals surface area contributed by atoms with Gasteiger partial charge in [0.15, 0.2) is 5.13 Å². The van der Waals surface area contributed by atoms with Crippen molar-refractivity contribution < 1.29 is 32.3 Å². The second kappa shape index (κ2) is 11.8. The minimum Gasteiger partial charge on any atom is -0.450 e. The lowest BCUT2D eigenvalue weighted by atomic mass is 10.3. The molecule has 15 heteroatoms. The first-order valence-electron chi connectivity index (χ1n) is 10.9. The zero-order valence-electron chi connectivity index (χ0n) is 19.6. The number of hydrogen-bond donors (Lipinski definition) is 3. The predicted molar refractivity (Wildman–Crippen MR) is 131 cm³/mol. The first kappa shape index (κ1) is 26.9. The van der Waals surface area contributed by atoms with E-state index in [2.05, 4.69) is 15.6 Å². The summed E-state index contributed by atoms with van der Waals surface area (Å²) in [6, 6.07) is 4.99. The van der Waals surface area contributed by atoms with Crippen LogP contribution in [0, 0.1) is 0 Å². The molecule has 194 valence electrons. The van der Waals surface area contributed by atoms with E-state index in [1.807, 2.05) is 4.72 Å². The third-order valence-electron chi connectivity index (χ3n) is 4.93. The molecule has 1 saturated heterocycles. The van der Waals surface area contributed by atoms with Crippen molar-refractivity contribution >= 4 is 56.1 Å².